The van der Waals surface area contributed by atoms with E-state index < -0.39 is 0 Å². The highest BCUT2D eigenvalue weighted by Gasteiger charge is 2.27. The summed E-state index contributed by atoms with van der Waals surface area (Å²) in [4.78, 5) is 19.0. The number of piperidine rings is 1. The Labute approximate surface area is 123 Å². The van der Waals surface area contributed by atoms with Gasteiger partial charge in [-0.05, 0) is 31.9 Å². The highest BCUT2D eigenvalue weighted by Crippen LogP contribution is 2.24. The minimum Gasteiger partial charge on any atom is -0.395 e. The molecule has 1 saturated heterocycles. The molecule has 1 aliphatic rings. The Bertz CT molecular complexity index is 683. The van der Waals surface area contributed by atoms with Crippen LogP contribution in [0.4, 0.5) is 0 Å². The van der Waals surface area contributed by atoms with Gasteiger partial charge in [-0.3, -0.25) is 14.1 Å². The van der Waals surface area contributed by atoms with Gasteiger partial charge in [0.05, 0.1) is 12.3 Å². The van der Waals surface area contributed by atoms with Crippen molar-refractivity contribution in [2.24, 2.45) is 0 Å². The van der Waals surface area contributed by atoms with Gasteiger partial charge in [-0.1, -0.05) is 12.5 Å². The molecule has 0 radical (unpaired) electrons. The summed E-state index contributed by atoms with van der Waals surface area (Å²) < 4.78 is 1.55. The number of rotatable bonds is 3. The summed E-state index contributed by atoms with van der Waals surface area (Å²) in [5.74, 6) is 0. The van der Waals surface area contributed by atoms with E-state index in [1.807, 2.05) is 18.2 Å². The molecule has 3 heterocycles. The maximum atomic E-state index is 12.1. The van der Waals surface area contributed by atoms with Crippen LogP contribution in [0.15, 0.2) is 35.3 Å². The van der Waals surface area contributed by atoms with Crippen molar-refractivity contribution >= 4 is 5.65 Å². The van der Waals surface area contributed by atoms with Crippen LogP contribution in [-0.2, 0) is 6.54 Å². The third kappa shape index (κ3) is 2.84. The zero-order chi connectivity index (χ0) is 14.8. The maximum absolute atomic E-state index is 12.1. The summed E-state index contributed by atoms with van der Waals surface area (Å²) in [7, 11) is 0. The van der Waals surface area contributed by atoms with Gasteiger partial charge in [0.2, 0.25) is 0 Å². The molecule has 0 bridgehead atoms. The van der Waals surface area contributed by atoms with Crippen LogP contribution in [0.2, 0.25) is 0 Å². The molecule has 2 unspecified atom stereocenters. The predicted octanol–water partition coefficient (Wildman–Crippen LogP) is 1.43. The quantitative estimate of drug-likeness (QED) is 0.928. The first-order chi connectivity index (χ1) is 10.2. The van der Waals surface area contributed by atoms with Crippen LogP contribution in [0.1, 0.15) is 31.9 Å². The van der Waals surface area contributed by atoms with Crippen molar-refractivity contribution in [1.82, 2.24) is 14.3 Å². The van der Waals surface area contributed by atoms with E-state index in [1.54, 1.807) is 16.7 Å². The summed E-state index contributed by atoms with van der Waals surface area (Å²) in [5, 5.41) is 9.56. The smallest absolute Gasteiger partial charge is 0.258 e. The van der Waals surface area contributed by atoms with E-state index >= 15 is 0 Å². The minimum atomic E-state index is -0.0548. The average molecular weight is 287 g/mol. The normalized spacial score (nSPS) is 23.5. The molecular formula is C16H21N3O2. The number of nitrogens with zero attached hydrogens (tertiary/aromatic N) is 3. The third-order valence-corrected chi connectivity index (χ3v) is 4.37. The van der Waals surface area contributed by atoms with E-state index in [0.29, 0.717) is 18.2 Å². The number of hydrogen-bond donors (Lipinski definition) is 1. The molecule has 0 amide bonds. The van der Waals surface area contributed by atoms with Gasteiger partial charge in [-0.15, -0.1) is 0 Å². The van der Waals surface area contributed by atoms with Crippen LogP contribution in [-0.4, -0.2) is 38.1 Å². The van der Waals surface area contributed by atoms with Gasteiger partial charge in [0.15, 0.2) is 0 Å². The Balaban J connectivity index is 1.91. The highest BCUT2D eigenvalue weighted by atomic mass is 16.3. The number of aliphatic hydroxyl groups excluding tert-OH is 1. The van der Waals surface area contributed by atoms with Gasteiger partial charge >= 0.3 is 0 Å². The van der Waals surface area contributed by atoms with Gasteiger partial charge in [0.25, 0.3) is 5.56 Å². The summed E-state index contributed by atoms with van der Waals surface area (Å²) >= 11 is 0. The standard InChI is InChI=1S/C16H21N3O2/c1-12-5-4-6-14(11-20)19(12)10-13-9-16(21)18-8-3-2-7-15(18)17-13/h2-3,7-9,12,14,20H,4-6,10-11H2,1H3. The van der Waals surface area contributed by atoms with Gasteiger partial charge < -0.3 is 5.11 Å². The van der Waals surface area contributed by atoms with Gasteiger partial charge in [-0.2, -0.15) is 0 Å². The van der Waals surface area contributed by atoms with Crippen molar-refractivity contribution in [3.63, 3.8) is 0 Å². The number of aromatic nitrogens is 2. The largest absolute Gasteiger partial charge is 0.395 e. The predicted molar refractivity (Wildman–Crippen MR) is 81.2 cm³/mol. The fraction of sp³-hybridized carbons (Fsp3) is 0.500. The van der Waals surface area contributed by atoms with E-state index in [9.17, 15) is 9.90 Å². The van der Waals surface area contributed by atoms with Crippen LogP contribution in [0, 0.1) is 0 Å². The average Bonchev–Trinajstić information content (AvgIpc) is 2.49. The molecule has 0 aromatic carbocycles. The number of fused-ring (bicyclic) bond motifs is 1. The van der Waals surface area contributed by atoms with Crippen LogP contribution < -0.4 is 5.56 Å². The molecule has 1 fully saturated rings. The molecule has 0 saturated carbocycles. The molecule has 1 aliphatic heterocycles. The molecule has 2 aromatic rings. The molecule has 5 heteroatoms. The second-order valence-corrected chi connectivity index (χ2v) is 5.80. The van der Waals surface area contributed by atoms with E-state index in [2.05, 4.69) is 16.8 Å². The van der Waals surface area contributed by atoms with Crippen molar-refractivity contribution in [3.05, 3.63) is 46.5 Å². The van der Waals surface area contributed by atoms with E-state index in [4.69, 9.17) is 0 Å². The fourth-order valence-electron chi connectivity index (χ4n) is 3.19. The number of aliphatic hydroxyl groups is 1. The zero-order valence-corrected chi connectivity index (χ0v) is 12.3. The Morgan fingerprint density at radius 3 is 3.05 bits per heavy atom. The van der Waals surface area contributed by atoms with Crippen molar-refractivity contribution < 1.29 is 5.11 Å². The molecular weight excluding hydrogens is 266 g/mol. The summed E-state index contributed by atoms with van der Waals surface area (Å²) in [6.07, 6.45) is 5.02. The number of pyridine rings is 1. The zero-order valence-electron chi connectivity index (χ0n) is 12.3. The molecule has 3 rings (SSSR count). The van der Waals surface area contributed by atoms with E-state index in [-0.39, 0.29) is 18.2 Å². The van der Waals surface area contributed by atoms with Crippen molar-refractivity contribution in [1.29, 1.82) is 0 Å². The van der Waals surface area contributed by atoms with Gasteiger partial charge in [0.1, 0.15) is 5.65 Å². The fourth-order valence-corrected chi connectivity index (χ4v) is 3.19. The Morgan fingerprint density at radius 2 is 2.24 bits per heavy atom. The van der Waals surface area contributed by atoms with Crippen LogP contribution in [0.5, 0.6) is 0 Å². The maximum Gasteiger partial charge on any atom is 0.258 e. The first-order valence-electron chi connectivity index (χ1n) is 7.53. The topological polar surface area (TPSA) is 57.8 Å². The summed E-state index contributed by atoms with van der Waals surface area (Å²) in [6.45, 7) is 2.96. The molecule has 112 valence electrons. The van der Waals surface area contributed by atoms with Crippen molar-refractivity contribution in [2.45, 2.75) is 44.8 Å². The van der Waals surface area contributed by atoms with Gasteiger partial charge in [-0.25, -0.2) is 4.98 Å². The number of likely N-dealkylation sites (tertiary alicyclic amines) is 1. The first kappa shape index (κ1) is 14.2. The molecule has 2 atom stereocenters. The molecule has 2 aromatic heterocycles. The van der Waals surface area contributed by atoms with Crippen molar-refractivity contribution in [2.75, 3.05) is 6.61 Å². The van der Waals surface area contributed by atoms with E-state index in [0.717, 1.165) is 25.0 Å². The third-order valence-electron chi connectivity index (χ3n) is 4.37. The lowest BCUT2D eigenvalue weighted by Gasteiger charge is -2.39. The number of hydrogen-bond acceptors (Lipinski definition) is 4. The highest BCUT2D eigenvalue weighted by molar-refractivity contribution is 5.38. The second kappa shape index (κ2) is 5.95. The lowest BCUT2D eigenvalue weighted by Crippen LogP contribution is -2.46. The monoisotopic (exact) mass is 287 g/mol. The van der Waals surface area contributed by atoms with Crippen LogP contribution in [0.25, 0.3) is 5.65 Å². The Kier molecular flexibility index (Phi) is 4.03. The Morgan fingerprint density at radius 1 is 1.38 bits per heavy atom. The summed E-state index contributed by atoms with van der Waals surface area (Å²) in [5.41, 5.74) is 1.39. The summed E-state index contributed by atoms with van der Waals surface area (Å²) in [6, 6.07) is 7.73. The van der Waals surface area contributed by atoms with Crippen LogP contribution >= 0.6 is 0 Å². The SMILES string of the molecule is CC1CCCC(CO)N1Cc1cc(=O)n2ccccc2n1. The minimum absolute atomic E-state index is 0.0548. The molecule has 0 spiro atoms. The molecule has 1 N–H and O–H groups in total. The lowest BCUT2D eigenvalue weighted by molar-refractivity contribution is 0.0442. The first-order valence-corrected chi connectivity index (χ1v) is 7.53. The van der Waals surface area contributed by atoms with Gasteiger partial charge in [0, 0.05) is 30.9 Å². The van der Waals surface area contributed by atoms with Crippen LogP contribution in [0.3, 0.4) is 0 Å². The second-order valence-electron chi connectivity index (χ2n) is 5.80. The molecule has 5 nitrogen and oxygen atoms in total. The van der Waals surface area contributed by atoms with Crippen molar-refractivity contribution in [3.8, 4) is 0 Å². The van der Waals surface area contributed by atoms with E-state index in [1.165, 1.54) is 0 Å². The molecule has 0 aliphatic carbocycles. The lowest BCUT2D eigenvalue weighted by atomic mass is 9.96. The molecule has 21 heavy (non-hydrogen) atoms. The Hall–Kier alpha value is -1.72.